The average Bonchev–Trinajstić information content (AvgIpc) is 3.41. The van der Waals surface area contributed by atoms with E-state index >= 15 is 0 Å². The molecule has 1 aliphatic rings. The van der Waals surface area contributed by atoms with Crippen molar-refractivity contribution in [2.75, 3.05) is 0 Å². The third-order valence-corrected chi connectivity index (χ3v) is 5.95. The Labute approximate surface area is 189 Å². The van der Waals surface area contributed by atoms with E-state index in [9.17, 15) is 18.3 Å². The number of alkyl halides is 3. The molecule has 3 aromatic rings. The van der Waals surface area contributed by atoms with Crippen LogP contribution in [0.4, 0.5) is 13.2 Å². The zero-order valence-corrected chi connectivity index (χ0v) is 18.1. The SMILES string of the molecule is CC(C)(CC(O)(Cc1cc2cc(C#N)ccc2[nH]1)C(F)(F)F)c1cccc(C2OC=CO2)c1. The minimum Gasteiger partial charge on any atom is -0.455 e. The summed E-state index contributed by atoms with van der Waals surface area (Å²) in [6, 6.07) is 15.3. The molecular formula is C25H23F3N2O3. The monoisotopic (exact) mass is 456 g/mol. The maximum atomic E-state index is 14.2. The van der Waals surface area contributed by atoms with Gasteiger partial charge in [-0.05, 0) is 47.7 Å². The van der Waals surface area contributed by atoms with Crippen molar-refractivity contribution in [1.29, 1.82) is 5.26 Å². The van der Waals surface area contributed by atoms with Gasteiger partial charge in [-0.2, -0.15) is 18.4 Å². The third-order valence-electron chi connectivity index (χ3n) is 5.95. The number of aliphatic hydroxyl groups is 1. The highest BCUT2D eigenvalue weighted by Gasteiger charge is 2.56. The molecule has 0 saturated carbocycles. The molecule has 0 fully saturated rings. The van der Waals surface area contributed by atoms with E-state index in [1.54, 1.807) is 62.4 Å². The van der Waals surface area contributed by atoms with Crippen molar-refractivity contribution in [3.63, 3.8) is 0 Å². The number of benzene rings is 2. The topological polar surface area (TPSA) is 78.3 Å². The Morgan fingerprint density at radius 2 is 1.79 bits per heavy atom. The van der Waals surface area contributed by atoms with E-state index in [-0.39, 0.29) is 5.69 Å². The maximum Gasteiger partial charge on any atom is 0.417 e. The first kappa shape index (κ1) is 22.7. The van der Waals surface area contributed by atoms with Crippen LogP contribution in [0.3, 0.4) is 0 Å². The number of hydrogen-bond acceptors (Lipinski definition) is 4. The zero-order valence-electron chi connectivity index (χ0n) is 18.1. The molecule has 0 saturated heterocycles. The maximum absolute atomic E-state index is 14.2. The number of fused-ring (bicyclic) bond motifs is 1. The molecule has 4 rings (SSSR count). The van der Waals surface area contributed by atoms with Gasteiger partial charge in [-0.1, -0.05) is 32.0 Å². The Hall–Kier alpha value is -3.44. The van der Waals surface area contributed by atoms with E-state index < -0.39 is 36.3 Å². The molecule has 2 N–H and O–H groups in total. The van der Waals surface area contributed by atoms with Gasteiger partial charge < -0.3 is 19.6 Å². The lowest BCUT2D eigenvalue weighted by Crippen LogP contribution is -2.50. The van der Waals surface area contributed by atoms with E-state index in [1.807, 2.05) is 6.07 Å². The van der Waals surface area contributed by atoms with Crippen LogP contribution in [-0.2, 0) is 21.3 Å². The number of H-pyrrole nitrogens is 1. The van der Waals surface area contributed by atoms with E-state index in [4.69, 9.17) is 14.7 Å². The fraction of sp³-hybridized carbons (Fsp3) is 0.320. The Morgan fingerprint density at radius 3 is 2.45 bits per heavy atom. The molecule has 5 nitrogen and oxygen atoms in total. The van der Waals surface area contributed by atoms with Crippen molar-refractivity contribution >= 4 is 10.9 Å². The second kappa shape index (κ2) is 8.16. The molecule has 1 aromatic heterocycles. The van der Waals surface area contributed by atoms with Crippen molar-refractivity contribution in [2.24, 2.45) is 0 Å². The van der Waals surface area contributed by atoms with Crippen LogP contribution in [0, 0.1) is 11.3 Å². The van der Waals surface area contributed by atoms with Crippen LogP contribution in [0.5, 0.6) is 0 Å². The molecule has 1 aliphatic heterocycles. The van der Waals surface area contributed by atoms with Gasteiger partial charge in [0.15, 0.2) is 5.60 Å². The predicted octanol–water partition coefficient (Wildman–Crippen LogP) is 5.76. The summed E-state index contributed by atoms with van der Waals surface area (Å²) in [5, 5.41) is 20.6. The van der Waals surface area contributed by atoms with Gasteiger partial charge in [-0.15, -0.1) is 0 Å². The lowest BCUT2D eigenvalue weighted by atomic mass is 9.73. The Bertz CT molecular complexity index is 1230. The van der Waals surface area contributed by atoms with Crippen LogP contribution >= 0.6 is 0 Å². The van der Waals surface area contributed by atoms with Crippen LogP contribution in [0.1, 0.15) is 48.9 Å². The molecule has 0 spiro atoms. The predicted molar refractivity (Wildman–Crippen MR) is 116 cm³/mol. The van der Waals surface area contributed by atoms with Crippen LogP contribution in [0.25, 0.3) is 10.9 Å². The largest absolute Gasteiger partial charge is 0.455 e. The number of nitrogens with zero attached hydrogens (tertiary/aromatic N) is 1. The summed E-state index contributed by atoms with van der Waals surface area (Å²) in [7, 11) is 0. The molecule has 2 heterocycles. The van der Waals surface area contributed by atoms with Gasteiger partial charge in [-0.3, -0.25) is 0 Å². The summed E-state index contributed by atoms with van der Waals surface area (Å²) in [5.74, 6) is 0. The molecule has 0 bridgehead atoms. The summed E-state index contributed by atoms with van der Waals surface area (Å²) >= 11 is 0. The normalized spacial score (nSPS) is 16.3. The highest BCUT2D eigenvalue weighted by Crippen LogP contribution is 2.43. The molecule has 0 aliphatic carbocycles. The number of hydrogen-bond donors (Lipinski definition) is 2. The third kappa shape index (κ3) is 4.55. The summed E-state index contributed by atoms with van der Waals surface area (Å²) in [6.07, 6.45) is -3.90. The fourth-order valence-corrected chi connectivity index (χ4v) is 4.27. The minimum atomic E-state index is -4.86. The van der Waals surface area contributed by atoms with Gasteiger partial charge in [0.25, 0.3) is 6.29 Å². The number of nitriles is 1. The van der Waals surface area contributed by atoms with Crippen LogP contribution in [0.2, 0.25) is 0 Å². The van der Waals surface area contributed by atoms with Gasteiger partial charge in [0.05, 0.1) is 11.6 Å². The van der Waals surface area contributed by atoms with Gasteiger partial charge in [0.1, 0.15) is 12.5 Å². The van der Waals surface area contributed by atoms with Gasteiger partial charge in [-0.25, -0.2) is 0 Å². The standard InChI is InChI=1S/C25H23F3N2O3/c1-23(2,19-5-3-4-17(11-19)22-32-8-9-33-22)15-24(31,25(26,27)28)13-20-12-18-10-16(14-29)6-7-21(18)30-20/h3-12,22,30-31H,13,15H2,1-2H3. The molecule has 172 valence electrons. The highest BCUT2D eigenvalue weighted by atomic mass is 19.4. The van der Waals surface area contributed by atoms with Crippen LogP contribution < -0.4 is 0 Å². The Morgan fingerprint density at radius 1 is 1.06 bits per heavy atom. The smallest absolute Gasteiger partial charge is 0.417 e. The first-order valence-corrected chi connectivity index (χ1v) is 10.4. The summed E-state index contributed by atoms with van der Waals surface area (Å²) < 4.78 is 53.2. The van der Waals surface area contributed by atoms with Crippen molar-refractivity contribution < 1.29 is 27.8 Å². The Kier molecular flexibility index (Phi) is 5.62. The second-order valence-electron chi connectivity index (χ2n) is 8.98. The number of nitrogens with one attached hydrogen (secondary N) is 1. The Balaban J connectivity index is 1.63. The molecule has 33 heavy (non-hydrogen) atoms. The summed E-state index contributed by atoms with van der Waals surface area (Å²) in [5.41, 5.74) is -1.46. The van der Waals surface area contributed by atoms with Crippen molar-refractivity contribution in [3.05, 3.63) is 83.4 Å². The molecule has 1 unspecified atom stereocenters. The van der Waals surface area contributed by atoms with E-state index in [1.165, 1.54) is 12.5 Å². The zero-order chi connectivity index (χ0) is 23.9. The molecule has 2 aromatic carbocycles. The van der Waals surface area contributed by atoms with Crippen molar-refractivity contribution in [1.82, 2.24) is 4.98 Å². The summed E-state index contributed by atoms with van der Waals surface area (Å²) in [4.78, 5) is 2.94. The van der Waals surface area contributed by atoms with Crippen LogP contribution in [0.15, 0.2) is 61.1 Å². The van der Waals surface area contributed by atoms with E-state index in [2.05, 4.69) is 4.98 Å². The lowest BCUT2D eigenvalue weighted by Gasteiger charge is -2.38. The first-order chi connectivity index (χ1) is 15.5. The van der Waals surface area contributed by atoms with Gasteiger partial charge in [0.2, 0.25) is 0 Å². The first-order valence-electron chi connectivity index (χ1n) is 10.4. The number of rotatable bonds is 6. The summed E-state index contributed by atoms with van der Waals surface area (Å²) in [6.45, 7) is 3.34. The molecule has 0 amide bonds. The molecule has 1 atom stereocenters. The number of halogens is 3. The second-order valence-corrected chi connectivity index (χ2v) is 8.98. The highest BCUT2D eigenvalue weighted by molar-refractivity contribution is 5.81. The fourth-order valence-electron chi connectivity index (χ4n) is 4.27. The molecule has 0 radical (unpaired) electrons. The van der Waals surface area contributed by atoms with Crippen molar-refractivity contribution in [2.45, 2.75) is 50.2 Å². The van der Waals surface area contributed by atoms with E-state index in [0.717, 1.165) is 0 Å². The van der Waals surface area contributed by atoms with Gasteiger partial charge in [0, 0.05) is 28.6 Å². The average molecular weight is 456 g/mol. The number of aromatic amines is 1. The number of aromatic nitrogens is 1. The minimum absolute atomic E-state index is 0.239. The van der Waals surface area contributed by atoms with Crippen LogP contribution in [-0.4, -0.2) is 21.9 Å². The van der Waals surface area contributed by atoms with Crippen molar-refractivity contribution in [3.8, 4) is 6.07 Å². The number of ether oxygens (including phenoxy) is 2. The molecule has 8 heteroatoms. The lowest BCUT2D eigenvalue weighted by molar-refractivity contribution is -0.266. The quantitative estimate of drug-likeness (QED) is 0.494. The van der Waals surface area contributed by atoms with Gasteiger partial charge >= 0.3 is 6.18 Å². The van der Waals surface area contributed by atoms with E-state index in [0.29, 0.717) is 27.6 Å². The molecular weight excluding hydrogens is 433 g/mol.